The maximum Gasteiger partial charge on any atom is 0.194 e. The SMILES string of the molecule is CC(C)N1CCCC(Cc2ncc(CN)o2)C1. The molecule has 0 aromatic carbocycles. The van der Waals surface area contributed by atoms with Gasteiger partial charge in [0.2, 0.25) is 0 Å². The Balaban J connectivity index is 1.90. The standard InChI is InChI=1S/C13H23N3O/c1-10(2)16-5-3-4-11(9-16)6-13-15-8-12(7-14)17-13/h8,10-11H,3-7,9,14H2,1-2H3. The van der Waals surface area contributed by atoms with Gasteiger partial charge in [0.15, 0.2) is 5.89 Å². The van der Waals surface area contributed by atoms with Gasteiger partial charge in [-0.2, -0.15) is 0 Å². The number of nitrogens with zero attached hydrogens (tertiary/aromatic N) is 2. The molecule has 0 spiro atoms. The summed E-state index contributed by atoms with van der Waals surface area (Å²) in [6, 6.07) is 0.641. The summed E-state index contributed by atoms with van der Waals surface area (Å²) >= 11 is 0. The molecule has 17 heavy (non-hydrogen) atoms. The first-order chi connectivity index (χ1) is 8.19. The van der Waals surface area contributed by atoms with E-state index >= 15 is 0 Å². The van der Waals surface area contributed by atoms with Gasteiger partial charge >= 0.3 is 0 Å². The highest BCUT2D eigenvalue weighted by atomic mass is 16.4. The maximum atomic E-state index is 5.58. The molecule has 2 rings (SSSR count). The first-order valence-electron chi connectivity index (χ1n) is 6.56. The fraction of sp³-hybridized carbons (Fsp3) is 0.769. The minimum Gasteiger partial charge on any atom is -0.444 e. The van der Waals surface area contributed by atoms with Gasteiger partial charge in [-0.05, 0) is 39.2 Å². The van der Waals surface area contributed by atoms with Crippen LogP contribution in [0.4, 0.5) is 0 Å². The Labute approximate surface area is 103 Å². The van der Waals surface area contributed by atoms with Crippen molar-refractivity contribution in [2.75, 3.05) is 13.1 Å². The lowest BCUT2D eigenvalue weighted by Crippen LogP contribution is -2.40. The molecule has 0 bridgehead atoms. The molecule has 0 amide bonds. The largest absolute Gasteiger partial charge is 0.444 e. The van der Waals surface area contributed by atoms with Gasteiger partial charge < -0.3 is 15.1 Å². The van der Waals surface area contributed by atoms with Crippen LogP contribution in [0.25, 0.3) is 0 Å². The number of nitrogens with two attached hydrogens (primary N) is 1. The Hall–Kier alpha value is -0.870. The first kappa shape index (κ1) is 12.6. The van der Waals surface area contributed by atoms with Crippen molar-refractivity contribution < 1.29 is 4.42 Å². The van der Waals surface area contributed by atoms with Gasteiger partial charge in [0.05, 0.1) is 12.7 Å². The molecule has 4 nitrogen and oxygen atoms in total. The van der Waals surface area contributed by atoms with E-state index in [9.17, 15) is 0 Å². The quantitative estimate of drug-likeness (QED) is 0.867. The Bertz CT molecular complexity index is 348. The van der Waals surface area contributed by atoms with Gasteiger partial charge in [0, 0.05) is 19.0 Å². The van der Waals surface area contributed by atoms with E-state index in [1.165, 1.54) is 19.4 Å². The molecule has 0 aliphatic carbocycles. The maximum absolute atomic E-state index is 5.58. The average molecular weight is 237 g/mol. The van der Waals surface area contributed by atoms with Crippen molar-refractivity contribution in [2.24, 2.45) is 11.7 Å². The predicted molar refractivity (Wildman–Crippen MR) is 67.5 cm³/mol. The van der Waals surface area contributed by atoms with Gasteiger partial charge in [0.25, 0.3) is 0 Å². The van der Waals surface area contributed by atoms with Crippen molar-refractivity contribution in [1.29, 1.82) is 0 Å². The fourth-order valence-corrected chi connectivity index (χ4v) is 2.52. The summed E-state index contributed by atoms with van der Waals surface area (Å²) in [6.07, 6.45) is 5.26. The number of oxazole rings is 1. The second kappa shape index (κ2) is 5.65. The van der Waals surface area contributed by atoms with Crippen LogP contribution in [0.2, 0.25) is 0 Å². The highest BCUT2D eigenvalue weighted by molar-refractivity contribution is 4.95. The van der Waals surface area contributed by atoms with Gasteiger partial charge in [-0.15, -0.1) is 0 Å². The number of rotatable bonds is 4. The van der Waals surface area contributed by atoms with Crippen molar-refractivity contribution in [1.82, 2.24) is 9.88 Å². The lowest BCUT2D eigenvalue weighted by atomic mass is 9.94. The van der Waals surface area contributed by atoms with E-state index in [4.69, 9.17) is 10.2 Å². The van der Waals surface area contributed by atoms with E-state index in [1.54, 1.807) is 6.20 Å². The van der Waals surface area contributed by atoms with Crippen LogP contribution in [0.5, 0.6) is 0 Å². The summed E-state index contributed by atoms with van der Waals surface area (Å²) in [5.41, 5.74) is 5.52. The van der Waals surface area contributed by atoms with Crippen LogP contribution >= 0.6 is 0 Å². The van der Waals surface area contributed by atoms with Crippen molar-refractivity contribution >= 4 is 0 Å². The monoisotopic (exact) mass is 237 g/mol. The zero-order valence-corrected chi connectivity index (χ0v) is 10.9. The third-order valence-corrected chi connectivity index (χ3v) is 3.55. The van der Waals surface area contributed by atoms with Crippen molar-refractivity contribution in [2.45, 2.75) is 45.7 Å². The van der Waals surface area contributed by atoms with E-state index in [0.717, 1.165) is 24.6 Å². The Kier molecular flexibility index (Phi) is 4.18. The van der Waals surface area contributed by atoms with E-state index < -0.39 is 0 Å². The van der Waals surface area contributed by atoms with E-state index in [0.29, 0.717) is 18.5 Å². The van der Waals surface area contributed by atoms with E-state index in [1.807, 2.05) is 0 Å². The fourth-order valence-electron chi connectivity index (χ4n) is 2.52. The Morgan fingerprint density at radius 2 is 2.41 bits per heavy atom. The Morgan fingerprint density at radius 1 is 1.59 bits per heavy atom. The van der Waals surface area contributed by atoms with Crippen LogP contribution in [0.3, 0.4) is 0 Å². The molecule has 0 radical (unpaired) electrons. The molecular formula is C13H23N3O. The van der Waals surface area contributed by atoms with Crippen LogP contribution in [0, 0.1) is 5.92 Å². The van der Waals surface area contributed by atoms with Crippen LogP contribution in [0.1, 0.15) is 38.3 Å². The van der Waals surface area contributed by atoms with Crippen molar-refractivity contribution in [3.05, 3.63) is 17.8 Å². The minimum atomic E-state index is 0.440. The number of hydrogen-bond donors (Lipinski definition) is 1. The van der Waals surface area contributed by atoms with Gasteiger partial charge in [-0.3, -0.25) is 0 Å². The molecule has 1 saturated heterocycles. The molecular weight excluding hydrogens is 214 g/mol. The lowest BCUT2D eigenvalue weighted by molar-refractivity contribution is 0.136. The average Bonchev–Trinajstić information content (AvgIpc) is 2.77. The Morgan fingerprint density at radius 3 is 3.06 bits per heavy atom. The van der Waals surface area contributed by atoms with Crippen LogP contribution in [-0.2, 0) is 13.0 Å². The normalized spacial score (nSPS) is 22.2. The van der Waals surface area contributed by atoms with Crippen LogP contribution in [0.15, 0.2) is 10.6 Å². The number of piperidine rings is 1. The van der Waals surface area contributed by atoms with Crippen molar-refractivity contribution in [3.63, 3.8) is 0 Å². The molecule has 1 atom stereocenters. The number of aromatic nitrogens is 1. The summed E-state index contributed by atoms with van der Waals surface area (Å²) in [5, 5.41) is 0. The minimum absolute atomic E-state index is 0.440. The summed E-state index contributed by atoms with van der Waals surface area (Å²) in [6.45, 7) is 7.36. The number of likely N-dealkylation sites (tertiary alicyclic amines) is 1. The third-order valence-electron chi connectivity index (χ3n) is 3.55. The molecule has 1 aromatic heterocycles. The number of hydrogen-bond acceptors (Lipinski definition) is 4. The zero-order valence-electron chi connectivity index (χ0n) is 10.9. The molecule has 1 fully saturated rings. The smallest absolute Gasteiger partial charge is 0.194 e. The van der Waals surface area contributed by atoms with Crippen LogP contribution in [-0.4, -0.2) is 29.0 Å². The second-order valence-corrected chi connectivity index (χ2v) is 5.23. The third kappa shape index (κ3) is 3.30. The molecule has 0 saturated carbocycles. The predicted octanol–water partition coefficient (Wildman–Crippen LogP) is 1.80. The van der Waals surface area contributed by atoms with Gasteiger partial charge in [-0.1, -0.05) is 0 Å². The molecule has 1 unspecified atom stereocenters. The topological polar surface area (TPSA) is 55.3 Å². The molecule has 96 valence electrons. The summed E-state index contributed by atoms with van der Waals surface area (Å²) in [5.74, 6) is 2.31. The second-order valence-electron chi connectivity index (χ2n) is 5.23. The zero-order chi connectivity index (χ0) is 12.3. The highest BCUT2D eigenvalue weighted by Crippen LogP contribution is 2.22. The summed E-state index contributed by atoms with van der Waals surface area (Å²) < 4.78 is 5.58. The molecule has 4 heteroatoms. The molecule has 1 aliphatic heterocycles. The van der Waals surface area contributed by atoms with E-state index in [2.05, 4.69) is 23.7 Å². The van der Waals surface area contributed by atoms with Gasteiger partial charge in [-0.25, -0.2) is 4.98 Å². The molecule has 2 N–H and O–H groups in total. The van der Waals surface area contributed by atoms with Gasteiger partial charge in [0.1, 0.15) is 5.76 Å². The summed E-state index contributed by atoms with van der Waals surface area (Å²) in [7, 11) is 0. The first-order valence-corrected chi connectivity index (χ1v) is 6.56. The summed E-state index contributed by atoms with van der Waals surface area (Å²) in [4.78, 5) is 6.83. The molecule has 2 heterocycles. The lowest BCUT2D eigenvalue weighted by Gasteiger charge is -2.35. The molecule has 1 aliphatic rings. The molecule has 1 aromatic rings. The van der Waals surface area contributed by atoms with Crippen LogP contribution < -0.4 is 5.73 Å². The van der Waals surface area contributed by atoms with E-state index in [-0.39, 0.29) is 0 Å². The highest BCUT2D eigenvalue weighted by Gasteiger charge is 2.23. The van der Waals surface area contributed by atoms with Crippen molar-refractivity contribution in [3.8, 4) is 0 Å².